The molecular weight excluding hydrogens is 300 g/mol. The Hall–Kier alpha value is -2.89. The molecule has 0 aliphatic rings. The Balaban J connectivity index is 1.78. The van der Waals surface area contributed by atoms with Gasteiger partial charge in [-0.3, -0.25) is 0 Å². The van der Waals surface area contributed by atoms with E-state index in [2.05, 4.69) is 62.5 Å². The summed E-state index contributed by atoms with van der Waals surface area (Å²) in [6.45, 7) is 5.30. The Morgan fingerprint density at radius 2 is 2.08 bits per heavy atom. The molecule has 0 aliphatic heterocycles. The Labute approximate surface area is 139 Å². The number of aryl methyl sites for hydroxylation is 2. The molecule has 0 saturated heterocycles. The standard InChI is InChI=1S/C18H20N6/c1-3-4-10-24-11-8-13-15(24)7-9-19-18(13)20-16-12(2)5-6-14-17(16)22-23-21-14/h5-9,11H,3-4,10H2,1-2H3,(H,19,20)(H,21,22,23). The van der Waals surface area contributed by atoms with Gasteiger partial charge in [0.25, 0.3) is 0 Å². The van der Waals surface area contributed by atoms with Gasteiger partial charge in [0.2, 0.25) is 0 Å². The first-order valence-electron chi connectivity index (χ1n) is 8.29. The Morgan fingerprint density at radius 1 is 1.17 bits per heavy atom. The summed E-state index contributed by atoms with van der Waals surface area (Å²) >= 11 is 0. The van der Waals surface area contributed by atoms with Crippen LogP contribution in [0, 0.1) is 6.92 Å². The van der Waals surface area contributed by atoms with E-state index in [9.17, 15) is 0 Å². The second kappa shape index (κ2) is 5.96. The van der Waals surface area contributed by atoms with Crippen LogP contribution in [-0.4, -0.2) is 25.0 Å². The molecule has 0 amide bonds. The van der Waals surface area contributed by atoms with Gasteiger partial charge in [-0.25, -0.2) is 4.98 Å². The van der Waals surface area contributed by atoms with Crippen LogP contribution in [0.15, 0.2) is 36.7 Å². The Bertz CT molecular complexity index is 997. The van der Waals surface area contributed by atoms with Gasteiger partial charge in [0, 0.05) is 24.3 Å². The number of aromatic amines is 1. The summed E-state index contributed by atoms with van der Waals surface area (Å²) in [6, 6.07) is 8.20. The van der Waals surface area contributed by atoms with Crippen LogP contribution in [0.3, 0.4) is 0 Å². The molecule has 0 radical (unpaired) electrons. The number of nitrogens with one attached hydrogen (secondary N) is 2. The molecule has 6 nitrogen and oxygen atoms in total. The minimum Gasteiger partial charge on any atom is -0.347 e. The fraction of sp³-hybridized carbons (Fsp3) is 0.278. The molecule has 0 unspecified atom stereocenters. The molecule has 0 aliphatic carbocycles. The third-order valence-electron chi connectivity index (χ3n) is 4.39. The fourth-order valence-electron chi connectivity index (χ4n) is 3.04. The van der Waals surface area contributed by atoms with Crippen molar-refractivity contribution >= 4 is 33.4 Å². The van der Waals surface area contributed by atoms with E-state index in [1.807, 2.05) is 18.3 Å². The highest BCUT2D eigenvalue weighted by Crippen LogP contribution is 2.30. The number of hydrogen-bond donors (Lipinski definition) is 2. The molecule has 3 aromatic heterocycles. The zero-order valence-electron chi connectivity index (χ0n) is 13.9. The first kappa shape index (κ1) is 14.7. The molecular formula is C18H20N6. The molecule has 4 aromatic rings. The maximum atomic E-state index is 4.55. The number of aromatic nitrogens is 5. The van der Waals surface area contributed by atoms with Crippen LogP contribution < -0.4 is 5.32 Å². The SMILES string of the molecule is CCCCn1ccc2c(Nc3c(C)ccc4n[nH]nc34)nccc21. The van der Waals surface area contributed by atoms with Crippen molar-refractivity contribution in [1.29, 1.82) is 0 Å². The van der Waals surface area contributed by atoms with Crippen LogP contribution in [0.1, 0.15) is 25.3 Å². The van der Waals surface area contributed by atoms with Crippen molar-refractivity contribution < 1.29 is 0 Å². The zero-order chi connectivity index (χ0) is 16.5. The fourth-order valence-corrected chi connectivity index (χ4v) is 3.04. The highest BCUT2D eigenvalue weighted by atomic mass is 15.3. The number of anilines is 2. The molecule has 0 saturated carbocycles. The monoisotopic (exact) mass is 320 g/mol. The minimum absolute atomic E-state index is 0.833. The number of nitrogens with zero attached hydrogens (tertiary/aromatic N) is 4. The summed E-state index contributed by atoms with van der Waals surface area (Å²) < 4.78 is 2.29. The van der Waals surface area contributed by atoms with Gasteiger partial charge in [-0.05, 0) is 37.1 Å². The molecule has 0 spiro atoms. The lowest BCUT2D eigenvalue weighted by molar-refractivity contribution is 0.650. The van der Waals surface area contributed by atoms with Crippen molar-refractivity contribution in [2.24, 2.45) is 0 Å². The van der Waals surface area contributed by atoms with Crippen LogP contribution in [-0.2, 0) is 6.54 Å². The van der Waals surface area contributed by atoms with Crippen LogP contribution >= 0.6 is 0 Å². The van der Waals surface area contributed by atoms with Crippen molar-refractivity contribution in [2.45, 2.75) is 33.2 Å². The van der Waals surface area contributed by atoms with E-state index >= 15 is 0 Å². The zero-order valence-corrected chi connectivity index (χ0v) is 13.9. The normalized spacial score (nSPS) is 11.4. The number of H-pyrrole nitrogens is 1. The van der Waals surface area contributed by atoms with E-state index in [1.54, 1.807) is 0 Å². The Kier molecular flexibility index (Phi) is 3.65. The average Bonchev–Trinajstić information content (AvgIpc) is 3.23. The molecule has 2 N–H and O–H groups in total. The predicted molar refractivity (Wildman–Crippen MR) is 96.5 cm³/mol. The third-order valence-corrected chi connectivity index (χ3v) is 4.39. The van der Waals surface area contributed by atoms with Crippen molar-refractivity contribution in [2.75, 3.05) is 5.32 Å². The van der Waals surface area contributed by atoms with E-state index in [4.69, 9.17) is 0 Å². The maximum absolute atomic E-state index is 4.55. The number of benzene rings is 1. The second-order valence-electron chi connectivity index (χ2n) is 6.03. The lowest BCUT2D eigenvalue weighted by Crippen LogP contribution is -1.99. The topological polar surface area (TPSA) is 71.4 Å². The van der Waals surface area contributed by atoms with Gasteiger partial charge >= 0.3 is 0 Å². The van der Waals surface area contributed by atoms with E-state index in [0.29, 0.717) is 0 Å². The number of pyridine rings is 1. The van der Waals surface area contributed by atoms with Gasteiger partial charge in [0.15, 0.2) is 0 Å². The molecule has 4 rings (SSSR count). The van der Waals surface area contributed by atoms with Crippen LogP contribution in [0.4, 0.5) is 11.5 Å². The van der Waals surface area contributed by atoms with E-state index < -0.39 is 0 Å². The summed E-state index contributed by atoms with van der Waals surface area (Å²) in [5.41, 5.74) is 4.93. The van der Waals surface area contributed by atoms with Gasteiger partial charge < -0.3 is 9.88 Å². The lowest BCUT2D eigenvalue weighted by Gasteiger charge is -2.11. The smallest absolute Gasteiger partial charge is 0.139 e. The number of rotatable bonds is 5. The van der Waals surface area contributed by atoms with E-state index in [0.717, 1.165) is 40.0 Å². The highest BCUT2D eigenvalue weighted by Gasteiger charge is 2.12. The maximum Gasteiger partial charge on any atom is 0.139 e. The summed E-state index contributed by atoms with van der Waals surface area (Å²) in [5.74, 6) is 0.848. The van der Waals surface area contributed by atoms with Crippen LogP contribution in [0.2, 0.25) is 0 Å². The lowest BCUT2D eigenvalue weighted by atomic mass is 10.1. The molecule has 0 bridgehead atoms. The molecule has 0 atom stereocenters. The van der Waals surface area contributed by atoms with Crippen molar-refractivity contribution in [3.63, 3.8) is 0 Å². The minimum atomic E-state index is 0.833. The number of fused-ring (bicyclic) bond motifs is 2. The second-order valence-corrected chi connectivity index (χ2v) is 6.03. The summed E-state index contributed by atoms with van der Waals surface area (Å²) in [4.78, 5) is 4.55. The van der Waals surface area contributed by atoms with Crippen LogP contribution in [0.5, 0.6) is 0 Å². The molecule has 1 aromatic carbocycles. The summed E-state index contributed by atoms with van der Waals surface area (Å²) in [5, 5.41) is 15.7. The van der Waals surface area contributed by atoms with E-state index in [1.165, 1.54) is 18.4 Å². The highest BCUT2D eigenvalue weighted by molar-refractivity contribution is 5.97. The number of unbranched alkanes of at least 4 members (excludes halogenated alkanes) is 1. The van der Waals surface area contributed by atoms with Gasteiger partial charge in [0.05, 0.1) is 11.2 Å². The quantitative estimate of drug-likeness (QED) is 0.579. The van der Waals surface area contributed by atoms with Crippen molar-refractivity contribution in [3.8, 4) is 0 Å². The van der Waals surface area contributed by atoms with Gasteiger partial charge in [-0.2, -0.15) is 15.4 Å². The molecule has 122 valence electrons. The number of hydrogen-bond acceptors (Lipinski definition) is 4. The molecule has 6 heteroatoms. The average molecular weight is 320 g/mol. The largest absolute Gasteiger partial charge is 0.347 e. The molecule has 24 heavy (non-hydrogen) atoms. The van der Waals surface area contributed by atoms with E-state index in [-0.39, 0.29) is 0 Å². The van der Waals surface area contributed by atoms with Gasteiger partial charge in [0.1, 0.15) is 16.9 Å². The predicted octanol–water partition coefficient (Wildman–Crippen LogP) is 4.16. The summed E-state index contributed by atoms with van der Waals surface area (Å²) in [7, 11) is 0. The third kappa shape index (κ3) is 2.40. The first-order valence-corrected chi connectivity index (χ1v) is 8.29. The Morgan fingerprint density at radius 3 is 2.96 bits per heavy atom. The van der Waals surface area contributed by atoms with Crippen molar-refractivity contribution in [1.82, 2.24) is 25.0 Å². The van der Waals surface area contributed by atoms with Crippen molar-refractivity contribution in [3.05, 3.63) is 42.2 Å². The first-order chi connectivity index (χ1) is 11.8. The summed E-state index contributed by atoms with van der Waals surface area (Å²) in [6.07, 6.45) is 6.34. The molecule has 0 fully saturated rings. The van der Waals surface area contributed by atoms with Crippen LogP contribution in [0.25, 0.3) is 21.9 Å². The van der Waals surface area contributed by atoms with Gasteiger partial charge in [-0.15, -0.1) is 0 Å². The molecule has 3 heterocycles. The van der Waals surface area contributed by atoms with Gasteiger partial charge in [-0.1, -0.05) is 19.4 Å².